The van der Waals surface area contributed by atoms with Crippen LogP contribution >= 0.6 is 11.3 Å². The molecule has 2 aromatic carbocycles. The van der Waals surface area contributed by atoms with E-state index in [-0.39, 0.29) is 6.04 Å². The number of hydrogen-bond donors (Lipinski definition) is 1. The van der Waals surface area contributed by atoms with Gasteiger partial charge in [-0.15, -0.1) is 11.3 Å². The van der Waals surface area contributed by atoms with Crippen LogP contribution in [0.2, 0.25) is 0 Å². The van der Waals surface area contributed by atoms with E-state index in [1.54, 1.807) is 11.3 Å². The lowest BCUT2D eigenvalue weighted by atomic mass is 10.1. The fourth-order valence-electron chi connectivity index (χ4n) is 3.33. The van der Waals surface area contributed by atoms with Gasteiger partial charge in [0.15, 0.2) is 0 Å². The highest BCUT2D eigenvalue weighted by molar-refractivity contribution is 7.16. The van der Waals surface area contributed by atoms with Crippen molar-refractivity contribution in [3.63, 3.8) is 0 Å². The normalized spacial score (nSPS) is 12.3. The molecular formula is C24H27N5OS. The first-order valence-electron chi connectivity index (χ1n) is 10.3. The number of nitrogens with zero attached hydrogens (tertiary/aromatic N) is 4. The number of hydrogen-bond acceptors (Lipinski definition) is 7. The quantitative estimate of drug-likeness (QED) is 0.413. The number of aryl methyl sites for hydroxylation is 1. The van der Waals surface area contributed by atoms with Gasteiger partial charge in [0.25, 0.3) is 0 Å². The first kappa shape index (κ1) is 21.2. The van der Waals surface area contributed by atoms with Gasteiger partial charge in [0.2, 0.25) is 0 Å². The number of ether oxygens (including phenoxy) is 1. The van der Waals surface area contributed by atoms with Gasteiger partial charge in [0, 0.05) is 18.2 Å². The number of likely N-dealkylation sites (N-methyl/N-ethyl adjacent to an activating group) is 1. The first-order chi connectivity index (χ1) is 15.0. The number of nitrogens with one attached hydrogen (secondary N) is 1. The average molecular weight is 434 g/mol. The van der Waals surface area contributed by atoms with Crippen LogP contribution in [0.15, 0.2) is 54.0 Å². The molecule has 6 nitrogen and oxygen atoms in total. The number of thiazole rings is 1. The molecule has 0 radical (unpaired) electrons. The Morgan fingerprint density at radius 1 is 1.10 bits per heavy atom. The van der Waals surface area contributed by atoms with Gasteiger partial charge in [-0.2, -0.15) is 0 Å². The molecule has 1 atom stereocenters. The Hall–Kier alpha value is -3.03. The van der Waals surface area contributed by atoms with Crippen LogP contribution in [-0.4, -0.2) is 47.1 Å². The van der Waals surface area contributed by atoms with E-state index >= 15 is 0 Å². The molecule has 2 heterocycles. The maximum absolute atomic E-state index is 5.88. The maximum atomic E-state index is 5.88. The third kappa shape index (κ3) is 5.37. The second-order valence-electron chi connectivity index (χ2n) is 7.81. The number of rotatable bonds is 8. The Bertz CT molecular complexity index is 1170. The lowest BCUT2D eigenvalue weighted by Gasteiger charge is -2.17. The third-order valence-corrected chi connectivity index (χ3v) is 5.79. The molecule has 0 aliphatic heterocycles. The number of benzene rings is 2. The fourth-order valence-corrected chi connectivity index (χ4v) is 4.05. The average Bonchev–Trinajstić information content (AvgIpc) is 3.21. The van der Waals surface area contributed by atoms with Crippen LogP contribution in [0.5, 0.6) is 5.75 Å². The fraction of sp³-hybridized carbons (Fsp3) is 0.292. The minimum Gasteiger partial charge on any atom is -0.492 e. The van der Waals surface area contributed by atoms with Crippen LogP contribution in [0.25, 0.3) is 21.5 Å². The van der Waals surface area contributed by atoms with Crippen molar-refractivity contribution in [1.29, 1.82) is 0 Å². The van der Waals surface area contributed by atoms with Gasteiger partial charge in [-0.05, 0) is 57.8 Å². The molecule has 7 heteroatoms. The molecule has 31 heavy (non-hydrogen) atoms. The highest BCUT2D eigenvalue weighted by atomic mass is 32.1. The van der Waals surface area contributed by atoms with E-state index in [0.29, 0.717) is 6.61 Å². The molecule has 0 spiro atoms. The van der Waals surface area contributed by atoms with Crippen LogP contribution in [-0.2, 0) is 0 Å². The second-order valence-corrected chi connectivity index (χ2v) is 8.70. The zero-order chi connectivity index (χ0) is 21.8. The van der Waals surface area contributed by atoms with Crippen LogP contribution in [0.1, 0.15) is 24.4 Å². The predicted molar refractivity (Wildman–Crippen MR) is 128 cm³/mol. The van der Waals surface area contributed by atoms with Gasteiger partial charge in [-0.25, -0.2) is 15.0 Å². The van der Waals surface area contributed by atoms with Crippen LogP contribution < -0.4 is 10.1 Å². The van der Waals surface area contributed by atoms with Crippen molar-refractivity contribution in [1.82, 2.24) is 19.9 Å². The van der Waals surface area contributed by atoms with Crippen molar-refractivity contribution in [3.8, 4) is 17.0 Å². The molecule has 0 fully saturated rings. The van der Waals surface area contributed by atoms with E-state index in [1.807, 2.05) is 50.8 Å². The summed E-state index contributed by atoms with van der Waals surface area (Å²) < 4.78 is 7.04. The number of anilines is 1. The molecule has 4 rings (SSSR count). The van der Waals surface area contributed by atoms with Gasteiger partial charge >= 0.3 is 0 Å². The van der Waals surface area contributed by atoms with Gasteiger partial charge in [-0.3, -0.25) is 0 Å². The van der Waals surface area contributed by atoms with Crippen molar-refractivity contribution in [2.75, 3.05) is 32.6 Å². The third-order valence-electron chi connectivity index (χ3n) is 4.99. The van der Waals surface area contributed by atoms with Crippen LogP contribution in [0, 0.1) is 6.92 Å². The molecule has 0 bridgehead atoms. The van der Waals surface area contributed by atoms with Crippen molar-refractivity contribution in [2.45, 2.75) is 19.9 Å². The summed E-state index contributed by atoms with van der Waals surface area (Å²) in [5.74, 6) is 2.42. The smallest absolute Gasteiger partial charge is 0.130 e. The minimum absolute atomic E-state index is 0.0727. The van der Waals surface area contributed by atoms with E-state index < -0.39 is 0 Å². The number of aromatic nitrogens is 3. The Morgan fingerprint density at radius 2 is 1.97 bits per heavy atom. The van der Waals surface area contributed by atoms with Crippen molar-refractivity contribution in [2.24, 2.45) is 0 Å². The molecular weight excluding hydrogens is 406 g/mol. The Kier molecular flexibility index (Phi) is 6.44. The zero-order valence-corrected chi connectivity index (χ0v) is 19.1. The zero-order valence-electron chi connectivity index (χ0n) is 18.3. The summed E-state index contributed by atoms with van der Waals surface area (Å²) in [6, 6.07) is 16.5. The highest BCUT2D eigenvalue weighted by Crippen LogP contribution is 2.28. The van der Waals surface area contributed by atoms with E-state index in [1.165, 1.54) is 0 Å². The standard InChI is InChI=1S/C24H27N5OS/c1-16(18-6-5-7-20(12-18)30-11-10-29(3)4)26-24-14-22(27-17(2)28-24)19-8-9-21-23(13-19)31-15-25-21/h5-9,12-16H,10-11H2,1-4H3,(H,26,27,28). The van der Waals surface area contributed by atoms with E-state index in [4.69, 9.17) is 4.74 Å². The summed E-state index contributed by atoms with van der Waals surface area (Å²) in [4.78, 5) is 15.7. The van der Waals surface area contributed by atoms with E-state index in [0.717, 1.165) is 51.0 Å². The van der Waals surface area contributed by atoms with Gasteiger partial charge < -0.3 is 15.0 Å². The predicted octanol–water partition coefficient (Wildman–Crippen LogP) is 5.18. The molecule has 4 aromatic rings. The second kappa shape index (κ2) is 9.41. The topological polar surface area (TPSA) is 63.2 Å². The summed E-state index contributed by atoms with van der Waals surface area (Å²) in [6.07, 6.45) is 0. The maximum Gasteiger partial charge on any atom is 0.130 e. The molecule has 0 aliphatic rings. The van der Waals surface area contributed by atoms with Gasteiger partial charge in [0.05, 0.1) is 27.5 Å². The molecule has 0 aliphatic carbocycles. The molecule has 1 unspecified atom stereocenters. The highest BCUT2D eigenvalue weighted by Gasteiger charge is 2.11. The summed E-state index contributed by atoms with van der Waals surface area (Å²) in [5, 5.41) is 3.52. The molecule has 160 valence electrons. The summed E-state index contributed by atoms with van der Waals surface area (Å²) >= 11 is 1.64. The Balaban J connectivity index is 1.51. The molecule has 0 saturated carbocycles. The Labute approximate surface area is 187 Å². The molecule has 2 aromatic heterocycles. The van der Waals surface area contributed by atoms with Crippen molar-refractivity contribution >= 4 is 27.4 Å². The SMILES string of the molecule is Cc1nc(NC(C)c2cccc(OCCN(C)C)c2)cc(-c2ccc3ncsc3c2)n1. The molecule has 0 saturated heterocycles. The van der Waals surface area contributed by atoms with Crippen molar-refractivity contribution < 1.29 is 4.74 Å². The molecule has 0 amide bonds. The molecule has 1 N–H and O–H groups in total. The largest absolute Gasteiger partial charge is 0.492 e. The van der Waals surface area contributed by atoms with Crippen LogP contribution in [0.3, 0.4) is 0 Å². The van der Waals surface area contributed by atoms with E-state index in [2.05, 4.69) is 56.4 Å². The monoisotopic (exact) mass is 433 g/mol. The summed E-state index contributed by atoms with van der Waals surface area (Å²) in [6.45, 7) is 5.59. The summed E-state index contributed by atoms with van der Waals surface area (Å²) in [5.41, 5.74) is 5.99. The van der Waals surface area contributed by atoms with Crippen molar-refractivity contribution in [3.05, 3.63) is 65.4 Å². The minimum atomic E-state index is 0.0727. The lowest BCUT2D eigenvalue weighted by Crippen LogP contribution is -2.19. The van der Waals surface area contributed by atoms with Crippen LogP contribution in [0.4, 0.5) is 5.82 Å². The Morgan fingerprint density at radius 3 is 2.81 bits per heavy atom. The van der Waals surface area contributed by atoms with E-state index in [9.17, 15) is 0 Å². The first-order valence-corrected chi connectivity index (χ1v) is 11.2. The number of fused-ring (bicyclic) bond motifs is 1. The lowest BCUT2D eigenvalue weighted by molar-refractivity contribution is 0.261. The van der Waals surface area contributed by atoms with Gasteiger partial charge in [0.1, 0.15) is 24.0 Å². The van der Waals surface area contributed by atoms with Gasteiger partial charge in [-0.1, -0.05) is 18.2 Å². The summed E-state index contributed by atoms with van der Waals surface area (Å²) in [7, 11) is 4.08.